The van der Waals surface area contributed by atoms with E-state index >= 15 is 0 Å². The third kappa shape index (κ3) is 9.28. The van der Waals surface area contributed by atoms with Crippen LogP contribution in [-0.4, -0.2) is 45.7 Å². The van der Waals surface area contributed by atoms with Crippen LogP contribution in [0.3, 0.4) is 0 Å². The average molecular weight is 205 g/mol. The van der Waals surface area contributed by atoms with Gasteiger partial charge in [0, 0.05) is 13.2 Å². The molecule has 14 heavy (non-hydrogen) atoms. The van der Waals surface area contributed by atoms with Gasteiger partial charge in [0.25, 0.3) is 0 Å². The van der Waals surface area contributed by atoms with Crippen molar-refractivity contribution in [1.82, 2.24) is 5.32 Å². The zero-order chi connectivity index (χ0) is 10.6. The van der Waals surface area contributed by atoms with Gasteiger partial charge in [-0.05, 0) is 13.8 Å². The van der Waals surface area contributed by atoms with E-state index in [-0.39, 0.29) is 0 Å². The molecule has 0 aromatic heterocycles. The summed E-state index contributed by atoms with van der Waals surface area (Å²) in [6.45, 7) is 6.87. The molecule has 0 rings (SSSR count). The third-order valence-corrected chi connectivity index (χ3v) is 1.37. The summed E-state index contributed by atoms with van der Waals surface area (Å²) in [4.78, 5) is 10.8. The minimum Gasteiger partial charge on any atom is -0.450 e. The largest absolute Gasteiger partial charge is 0.450 e. The zero-order valence-corrected chi connectivity index (χ0v) is 8.88. The normalized spacial score (nSPS) is 9.86. The SMILES string of the molecule is CCOCCOCCNC(=O)OCC. The predicted molar refractivity (Wildman–Crippen MR) is 52.3 cm³/mol. The smallest absolute Gasteiger partial charge is 0.407 e. The fraction of sp³-hybridized carbons (Fsp3) is 0.889. The van der Waals surface area contributed by atoms with Crippen LogP contribution < -0.4 is 5.32 Å². The summed E-state index contributed by atoms with van der Waals surface area (Å²) in [5, 5.41) is 2.55. The van der Waals surface area contributed by atoms with Crippen molar-refractivity contribution < 1.29 is 19.0 Å². The molecule has 0 heterocycles. The van der Waals surface area contributed by atoms with Crippen molar-refractivity contribution in [1.29, 1.82) is 0 Å². The van der Waals surface area contributed by atoms with Crippen LogP contribution in [0.4, 0.5) is 4.79 Å². The van der Waals surface area contributed by atoms with E-state index in [1.54, 1.807) is 6.92 Å². The van der Waals surface area contributed by atoms with E-state index in [4.69, 9.17) is 9.47 Å². The Hall–Kier alpha value is -0.810. The molecule has 0 aromatic carbocycles. The van der Waals surface area contributed by atoms with Crippen LogP contribution in [0.25, 0.3) is 0 Å². The van der Waals surface area contributed by atoms with Crippen LogP contribution in [0.2, 0.25) is 0 Å². The molecule has 0 aromatic rings. The number of nitrogens with one attached hydrogen (secondary N) is 1. The van der Waals surface area contributed by atoms with Crippen LogP contribution in [0.1, 0.15) is 13.8 Å². The molecule has 0 unspecified atom stereocenters. The van der Waals surface area contributed by atoms with Gasteiger partial charge in [-0.2, -0.15) is 0 Å². The maximum atomic E-state index is 10.8. The van der Waals surface area contributed by atoms with Gasteiger partial charge in [0.1, 0.15) is 0 Å². The number of alkyl carbamates (subject to hydrolysis) is 1. The second kappa shape index (κ2) is 10.3. The Balaban J connectivity index is 3.01. The van der Waals surface area contributed by atoms with Crippen molar-refractivity contribution in [3.8, 4) is 0 Å². The lowest BCUT2D eigenvalue weighted by atomic mass is 10.6. The van der Waals surface area contributed by atoms with Crippen molar-refractivity contribution in [2.24, 2.45) is 0 Å². The number of hydrogen-bond donors (Lipinski definition) is 1. The van der Waals surface area contributed by atoms with E-state index in [1.165, 1.54) is 0 Å². The van der Waals surface area contributed by atoms with E-state index in [2.05, 4.69) is 10.1 Å². The van der Waals surface area contributed by atoms with Gasteiger partial charge in [-0.15, -0.1) is 0 Å². The van der Waals surface area contributed by atoms with E-state index in [9.17, 15) is 4.79 Å². The number of ether oxygens (including phenoxy) is 3. The Morgan fingerprint density at radius 3 is 2.43 bits per heavy atom. The summed E-state index contributed by atoms with van der Waals surface area (Å²) in [5.74, 6) is 0. The highest BCUT2D eigenvalue weighted by atomic mass is 16.5. The van der Waals surface area contributed by atoms with E-state index in [0.29, 0.717) is 39.6 Å². The molecule has 5 nitrogen and oxygen atoms in total. The molecule has 84 valence electrons. The first kappa shape index (κ1) is 13.2. The molecule has 0 spiro atoms. The van der Waals surface area contributed by atoms with Crippen molar-refractivity contribution in [2.45, 2.75) is 13.8 Å². The fourth-order valence-corrected chi connectivity index (χ4v) is 0.772. The van der Waals surface area contributed by atoms with Gasteiger partial charge < -0.3 is 19.5 Å². The molecule has 0 aliphatic carbocycles. The van der Waals surface area contributed by atoms with Crippen LogP contribution in [0, 0.1) is 0 Å². The summed E-state index contributed by atoms with van der Waals surface area (Å²) < 4.78 is 14.9. The lowest BCUT2D eigenvalue weighted by molar-refractivity contribution is 0.0534. The molecule has 0 saturated heterocycles. The van der Waals surface area contributed by atoms with Crippen molar-refractivity contribution >= 4 is 6.09 Å². The minimum absolute atomic E-state index is 0.386. The van der Waals surface area contributed by atoms with Gasteiger partial charge in [0.05, 0.1) is 26.4 Å². The summed E-state index contributed by atoms with van der Waals surface area (Å²) in [7, 11) is 0. The molecule has 1 N–H and O–H groups in total. The number of carbonyl (C=O) groups excluding carboxylic acids is 1. The maximum Gasteiger partial charge on any atom is 0.407 e. The zero-order valence-electron chi connectivity index (χ0n) is 8.88. The Bertz CT molecular complexity index is 141. The quantitative estimate of drug-likeness (QED) is 0.595. The first-order valence-electron chi connectivity index (χ1n) is 4.87. The molecule has 0 bridgehead atoms. The lowest BCUT2D eigenvalue weighted by Crippen LogP contribution is -2.28. The third-order valence-electron chi connectivity index (χ3n) is 1.37. The number of amides is 1. The Morgan fingerprint density at radius 2 is 1.79 bits per heavy atom. The van der Waals surface area contributed by atoms with Crippen LogP contribution in [0.5, 0.6) is 0 Å². The molecular weight excluding hydrogens is 186 g/mol. The molecule has 1 amide bonds. The van der Waals surface area contributed by atoms with E-state index in [1.807, 2.05) is 6.92 Å². The highest BCUT2D eigenvalue weighted by molar-refractivity contribution is 5.66. The molecule has 0 aliphatic rings. The van der Waals surface area contributed by atoms with Crippen molar-refractivity contribution in [2.75, 3.05) is 39.6 Å². The molecule has 0 fully saturated rings. The topological polar surface area (TPSA) is 56.8 Å². The van der Waals surface area contributed by atoms with Crippen molar-refractivity contribution in [3.05, 3.63) is 0 Å². The van der Waals surface area contributed by atoms with Gasteiger partial charge in [-0.1, -0.05) is 0 Å². The molecule has 5 heteroatoms. The molecule has 0 atom stereocenters. The average Bonchev–Trinajstić information content (AvgIpc) is 2.17. The summed E-state index contributed by atoms with van der Waals surface area (Å²) in [5.41, 5.74) is 0. The molecule has 0 saturated carbocycles. The van der Waals surface area contributed by atoms with Crippen LogP contribution in [0.15, 0.2) is 0 Å². The maximum absolute atomic E-state index is 10.8. The van der Waals surface area contributed by atoms with Crippen LogP contribution in [-0.2, 0) is 14.2 Å². The Kier molecular flexibility index (Phi) is 9.68. The first-order valence-corrected chi connectivity index (χ1v) is 4.87. The highest BCUT2D eigenvalue weighted by Gasteiger charge is 1.97. The molecule has 0 radical (unpaired) electrons. The number of rotatable bonds is 8. The second-order valence-corrected chi connectivity index (χ2v) is 2.46. The van der Waals surface area contributed by atoms with Gasteiger partial charge in [-0.3, -0.25) is 0 Å². The van der Waals surface area contributed by atoms with Gasteiger partial charge in [0.2, 0.25) is 0 Å². The highest BCUT2D eigenvalue weighted by Crippen LogP contribution is 1.79. The molecule has 0 aliphatic heterocycles. The predicted octanol–water partition coefficient (Wildman–Crippen LogP) is 0.786. The second-order valence-electron chi connectivity index (χ2n) is 2.46. The molecular formula is C9H19NO4. The minimum atomic E-state index is -0.402. The lowest BCUT2D eigenvalue weighted by Gasteiger charge is -2.06. The van der Waals surface area contributed by atoms with Crippen molar-refractivity contribution in [3.63, 3.8) is 0 Å². The van der Waals surface area contributed by atoms with E-state index in [0.717, 1.165) is 0 Å². The summed E-state index contributed by atoms with van der Waals surface area (Å²) >= 11 is 0. The number of carbonyl (C=O) groups is 1. The van der Waals surface area contributed by atoms with E-state index < -0.39 is 6.09 Å². The van der Waals surface area contributed by atoms with Gasteiger partial charge in [0.15, 0.2) is 0 Å². The first-order chi connectivity index (χ1) is 6.81. The monoisotopic (exact) mass is 205 g/mol. The van der Waals surface area contributed by atoms with Crippen LogP contribution >= 0.6 is 0 Å². The summed E-state index contributed by atoms with van der Waals surface area (Å²) in [6, 6.07) is 0. The fourth-order valence-electron chi connectivity index (χ4n) is 0.772. The summed E-state index contributed by atoms with van der Waals surface area (Å²) in [6.07, 6.45) is -0.402. The Morgan fingerprint density at radius 1 is 1.07 bits per heavy atom. The van der Waals surface area contributed by atoms with Gasteiger partial charge >= 0.3 is 6.09 Å². The standard InChI is InChI=1S/C9H19NO4/c1-3-12-7-8-13-6-5-10-9(11)14-4-2/h3-8H2,1-2H3,(H,10,11). The Labute approximate surface area is 84.7 Å². The van der Waals surface area contributed by atoms with Gasteiger partial charge in [-0.25, -0.2) is 4.79 Å². The number of hydrogen-bond acceptors (Lipinski definition) is 4.